The van der Waals surface area contributed by atoms with Crippen LogP contribution in [0.1, 0.15) is 55.6 Å². The summed E-state index contributed by atoms with van der Waals surface area (Å²) in [6.45, 7) is 1.42. The lowest BCUT2D eigenvalue weighted by Crippen LogP contribution is -2.29. The van der Waals surface area contributed by atoms with Crippen LogP contribution in [0.25, 0.3) is 11.2 Å². The standard InChI is InChI=1S/C19H23N7O5/c27-12-13(28)19(30-14(12)18-24-15(25-31-18)9-1-2-9)26-8-22-11-16(20-7-21-17(11)26)23-10-3-5-29-6-4-10/h7-10,12-14,19,27-28H,1-6H2,(H,20,21,23)/t12-,13+,14-,19+/m0/s1. The molecule has 3 aliphatic rings. The molecule has 0 unspecified atom stereocenters. The van der Waals surface area contributed by atoms with Gasteiger partial charge in [-0.2, -0.15) is 4.98 Å². The normalized spacial score (nSPS) is 29.6. The summed E-state index contributed by atoms with van der Waals surface area (Å²) in [5.74, 6) is 1.71. The number of fused-ring (bicyclic) bond motifs is 1. The van der Waals surface area contributed by atoms with Crippen molar-refractivity contribution in [2.24, 2.45) is 0 Å². The van der Waals surface area contributed by atoms with Gasteiger partial charge in [0.1, 0.15) is 18.5 Å². The van der Waals surface area contributed by atoms with E-state index in [1.165, 1.54) is 12.7 Å². The van der Waals surface area contributed by atoms with Crippen molar-refractivity contribution >= 4 is 17.0 Å². The van der Waals surface area contributed by atoms with E-state index >= 15 is 0 Å². The number of hydrogen-bond acceptors (Lipinski definition) is 11. The van der Waals surface area contributed by atoms with Gasteiger partial charge in [-0.15, -0.1) is 0 Å². The number of rotatable bonds is 5. The second kappa shape index (κ2) is 7.48. The Morgan fingerprint density at radius 2 is 1.87 bits per heavy atom. The summed E-state index contributed by atoms with van der Waals surface area (Å²) in [4.78, 5) is 17.5. The van der Waals surface area contributed by atoms with Crippen LogP contribution in [0.3, 0.4) is 0 Å². The third-order valence-corrected chi connectivity index (χ3v) is 6.08. The summed E-state index contributed by atoms with van der Waals surface area (Å²) in [6.07, 6.45) is 2.52. The first-order chi connectivity index (χ1) is 15.2. The minimum absolute atomic E-state index is 0.164. The highest BCUT2D eigenvalue weighted by Gasteiger charge is 2.48. The highest BCUT2D eigenvalue weighted by Crippen LogP contribution is 2.42. The maximum absolute atomic E-state index is 10.7. The van der Waals surface area contributed by atoms with Crippen molar-refractivity contribution in [1.82, 2.24) is 29.7 Å². The predicted octanol–water partition coefficient (Wildman–Crippen LogP) is 0.669. The van der Waals surface area contributed by atoms with Crippen LogP contribution in [0.15, 0.2) is 17.2 Å². The Balaban J connectivity index is 1.27. The Morgan fingerprint density at radius 3 is 2.68 bits per heavy atom. The third kappa shape index (κ3) is 3.35. The molecule has 12 heteroatoms. The van der Waals surface area contributed by atoms with E-state index in [0.717, 1.165) is 25.7 Å². The van der Waals surface area contributed by atoms with E-state index in [9.17, 15) is 10.2 Å². The topological polar surface area (TPSA) is 153 Å². The molecule has 5 heterocycles. The molecule has 3 fully saturated rings. The quantitative estimate of drug-likeness (QED) is 0.524. The van der Waals surface area contributed by atoms with E-state index in [4.69, 9.17) is 14.0 Å². The number of aliphatic hydroxyl groups is 2. The molecule has 164 valence electrons. The molecule has 0 bridgehead atoms. The van der Waals surface area contributed by atoms with Gasteiger partial charge in [0.25, 0.3) is 5.89 Å². The van der Waals surface area contributed by atoms with Gasteiger partial charge < -0.3 is 29.5 Å². The van der Waals surface area contributed by atoms with Crippen LogP contribution >= 0.6 is 0 Å². The monoisotopic (exact) mass is 429 g/mol. The van der Waals surface area contributed by atoms with Crippen LogP contribution in [0.2, 0.25) is 0 Å². The zero-order valence-corrected chi connectivity index (χ0v) is 16.7. The highest BCUT2D eigenvalue weighted by molar-refractivity contribution is 5.82. The van der Waals surface area contributed by atoms with Gasteiger partial charge in [0, 0.05) is 25.2 Å². The van der Waals surface area contributed by atoms with Crippen molar-refractivity contribution in [2.45, 2.75) is 62.2 Å². The Hall–Kier alpha value is -2.67. The molecule has 12 nitrogen and oxygen atoms in total. The summed E-state index contributed by atoms with van der Waals surface area (Å²) in [5, 5.41) is 28.7. The fourth-order valence-electron chi connectivity index (χ4n) is 4.14. The van der Waals surface area contributed by atoms with E-state index < -0.39 is 24.5 Å². The molecule has 2 saturated heterocycles. The number of imidazole rings is 1. The van der Waals surface area contributed by atoms with Crippen LogP contribution in [-0.2, 0) is 9.47 Å². The second-order valence-electron chi connectivity index (χ2n) is 8.27. The molecule has 3 aromatic heterocycles. The number of hydrogen-bond donors (Lipinski definition) is 3. The fourth-order valence-corrected chi connectivity index (χ4v) is 4.14. The molecule has 4 atom stereocenters. The van der Waals surface area contributed by atoms with Gasteiger partial charge in [0.05, 0.1) is 6.33 Å². The Labute approximate surface area is 176 Å². The van der Waals surface area contributed by atoms with E-state index in [0.29, 0.717) is 41.9 Å². The number of anilines is 1. The molecule has 0 radical (unpaired) electrons. The molecule has 1 aliphatic carbocycles. The van der Waals surface area contributed by atoms with Gasteiger partial charge in [-0.3, -0.25) is 4.57 Å². The zero-order chi connectivity index (χ0) is 20.9. The van der Waals surface area contributed by atoms with E-state index in [2.05, 4.69) is 30.4 Å². The lowest BCUT2D eigenvalue weighted by atomic mass is 10.1. The largest absolute Gasteiger partial charge is 0.387 e. The molecule has 6 rings (SSSR count). The molecule has 31 heavy (non-hydrogen) atoms. The molecule has 3 aromatic rings. The first kappa shape index (κ1) is 19.0. The average Bonchev–Trinajstić information content (AvgIpc) is 3.24. The van der Waals surface area contributed by atoms with Crippen LogP contribution in [0.5, 0.6) is 0 Å². The SMILES string of the molecule is O[C@@H]1[C@H](O)[C@@H](c2nc(C3CC3)no2)O[C@H]1n1cnc2c(NC3CCOCC3)ncnc21. The lowest BCUT2D eigenvalue weighted by Gasteiger charge is -2.23. The van der Waals surface area contributed by atoms with Gasteiger partial charge in [-0.1, -0.05) is 5.16 Å². The molecular weight excluding hydrogens is 406 g/mol. The van der Waals surface area contributed by atoms with Crippen LogP contribution in [-0.4, -0.2) is 71.3 Å². The first-order valence-electron chi connectivity index (χ1n) is 10.6. The van der Waals surface area contributed by atoms with E-state index in [1.54, 1.807) is 4.57 Å². The maximum Gasteiger partial charge on any atom is 0.258 e. The lowest BCUT2D eigenvalue weighted by molar-refractivity contribution is -0.0451. The minimum Gasteiger partial charge on any atom is -0.387 e. The number of ether oxygens (including phenoxy) is 2. The Kier molecular flexibility index (Phi) is 4.60. The van der Waals surface area contributed by atoms with Crippen molar-refractivity contribution in [3.05, 3.63) is 24.4 Å². The minimum atomic E-state index is -1.23. The summed E-state index contributed by atoms with van der Waals surface area (Å²) in [5.41, 5.74) is 1.06. The van der Waals surface area contributed by atoms with Crippen LogP contribution in [0, 0.1) is 0 Å². The maximum atomic E-state index is 10.7. The average molecular weight is 429 g/mol. The predicted molar refractivity (Wildman–Crippen MR) is 104 cm³/mol. The molecule has 0 spiro atoms. The van der Waals surface area contributed by atoms with Gasteiger partial charge in [0.15, 0.2) is 35.1 Å². The Morgan fingerprint density at radius 1 is 1.03 bits per heavy atom. The van der Waals surface area contributed by atoms with Crippen molar-refractivity contribution in [2.75, 3.05) is 18.5 Å². The fraction of sp³-hybridized carbons (Fsp3) is 0.632. The van der Waals surface area contributed by atoms with Gasteiger partial charge in [-0.05, 0) is 25.7 Å². The van der Waals surface area contributed by atoms with Crippen molar-refractivity contribution in [3.63, 3.8) is 0 Å². The molecule has 1 saturated carbocycles. The summed E-state index contributed by atoms with van der Waals surface area (Å²) < 4.78 is 18.3. The highest BCUT2D eigenvalue weighted by atomic mass is 16.6. The molecular formula is C19H23N7O5. The molecule has 0 aromatic carbocycles. The molecule has 2 aliphatic heterocycles. The summed E-state index contributed by atoms with van der Waals surface area (Å²) >= 11 is 0. The number of nitrogens with zero attached hydrogens (tertiary/aromatic N) is 6. The zero-order valence-electron chi connectivity index (χ0n) is 16.7. The van der Waals surface area contributed by atoms with Crippen molar-refractivity contribution in [3.8, 4) is 0 Å². The second-order valence-corrected chi connectivity index (χ2v) is 8.27. The third-order valence-electron chi connectivity index (χ3n) is 6.08. The number of aromatic nitrogens is 6. The van der Waals surface area contributed by atoms with E-state index in [1.807, 2.05) is 0 Å². The number of aliphatic hydroxyl groups excluding tert-OH is 2. The molecule has 3 N–H and O–H groups in total. The smallest absolute Gasteiger partial charge is 0.258 e. The Bertz CT molecular complexity index is 1080. The van der Waals surface area contributed by atoms with Crippen molar-refractivity contribution < 1.29 is 24.2 Å². The van der Waals surface area contributed by atoms with Gasteiger partial charge in [-0.25, -0.2) is 15.0 Å². The summed E-state index contributed by atoms with van der Waals surface area (Å²) in [7, 11) is 0. The van der Waals surface area contributed by atoms with Crippen molar-refractivity contribution in [1.29, 1.82) is 0 Å². The summed E-state index contributed by atoms with van der Waals surface area (Å²) in [6, 6.07) is 0.245. The first-order valence-corrected chi connectivity index (χ1v) is 10.6. The molecule has 0 amide bonds. The van der Waals surface area contributed by atoms with E-state index in [-0.39, 0.29) is 11.9 Å². The van der Waals surface area contributed by atoms with Gasteiger partial charge in [0.2, 0.25) is 0 Å². The van der Waals surface area contributed by atoms with Crippen LogP contribution in [0.4, 0.5) is 5.82 Å². The van der Waals surface area contributed by atoms with Crippen LogP contribution < -0.4 is 5.32 Å². The number of nitrogens with one attached hydrogen (secondary N) is 1. The van der Waals surface area contributed by atoms with Gasteiger partial charge >= 0.3 is 0 Å².